The highest BCUT2D eigenvalue weighted by atomic mass is 16.5. The van der Waals surface area contributed by atoms with Crippen molar-refractivity contribution in [2.75, 3.05) is 11.9 Å². The molecule has 1 unspecified atom stereocenters. The van der Waals surface area contributed by atoms with Crippen LogP contribution in [-0.4, -0.2) is 32.8 Å². The van der Waals surface area contributed by atoms with Gasteiger partial charge in [-0.3, -0.25) is 10.1 Å². The van der Waals surface area contributed by atoms with Gasteiger partial charge in [-0.15, -0.1) is 0 Å². The Morgan fingerprint density at radius 2 is 2.00 bits per heavy atom. The molecule has 0 spiro atoms. The van der Waals surface area contributed by atoms with Crippen molar-refractivity contribution in [2.45, 2.75) is 26.0 Å². The number of aromatic amines is 1. The van der Waals surface area contributed by atoms with Gasteiger partial charge in [0, 0.05) is 36.3 Å². The summed E-state index contributed by atoms with van der Waals surface area (Å²) >= 11 is 0. The Labute approximate surface area is 146 Å². The maximum atomic E-state index is 5.93. The van der Waals surface area contributed by atoms with E-state index in [9.17, 15) is 0 Å². The first-order valence-electron chi connectivity index (χ1n) is 8.21. The van der Waals surface area contributed by atoms with E-state index in [2.05, 4.69) is 25.5 Å². The molecule has 0 aliphatic heterocycles. The third kappa shape index (κ3) is 4.33. The second kappa shape index (κ2) is 7.76. The van der Waals surface area contributed by atoms with Crippen LogP contribution in [0, 0.1) is 0 Å². The fourth-order valence-electron chi connectivity index (χ4n) is 2.43. The lowest BCUT2D eigenvalue weighted by Crippen LogP contribution is -2.22. The minimum Gasteiger partial charge on any atom is -0.491 e. The Hall–Kier alpha value is -2.93. The molecule has 0 amide bonds. The van der Waals surface area contributed by atoms with Gasteiger partial charge in [0.1, 0.15) is 11.6 Å². The summed E-state index contributed by atoms with van der Waals surface area (Å²) in [5.41, 5.74) is 7.74. The lowest BCUT2D eigenvalue weighted by molar-refractivity contribution is 0.242. The summed E-state index contributed by atoms with van der Waals surface area (Å²) in [6, 6.07) is 11.3. The summed E-state index contributed by atoms with van der Waals surface area (Å²) in [7, 11) is 0. The van der Waals surface area contributed by atoms with Gasteiger partial charge in [0.25, 0.3) is 0 Å². The van der Waals surface area contributed by atoms with Crippen molar-refractivity contribution < 1.29 is 4.74 Å². The highest BCUT2D eigenvalue weighted by molar-refractivity contribution is 5.54. The van der Waals surface area contributed by atoms with Gasteiger partial charge >= 0.3 is 0 Å². The zero-order chi connectivity index (χ0) is 17.6. The molecule has 1 atom stereocenters. The molecule has 2 heterocycles. The molecule has 3 aromatic rings. The van der Waals surface area contributed by atoms with E-state index in [1.54, 1.807) is 12.4 Å². The normalized spacial score (nSPS) is 12.2. The third-order valence-corrected chi connectivity index (χ3v) is 3.55. The summed E-state index contributed by atoms with van der Waals surface area (Å²) < 4.78 is 5.72. The van der Waals surface area contributed by atoms with Gasteiger partial charge in [0.2, 0.25) is 0 Å². The average Bonchev–Trinajstić information content (AvgIpc) is 3.10. The Bertz CT molecular complexity index is 802. The van der Waals surface area contributed by atoms with E-state index >= 15 is 0 Å². The van der Waals surface area contributed by atoms with E-state index < -0.39 is 0 Å². The Morgan fingerprint density at radius 1 is 1.20 bits per heavy atom. The first-order valence-corrected chi connectivity index (χ1v) is 8.21. The molecule has 2 aromatic heterocycles. The minimum atomic E-state index is -0.183. The van der Waals surface area contributed by atoms with Crippen molar-refractivity contribution in [3.63, 3.8) is 0 Å². The van der Waals surface area contributed by atoms with Gasteiger partial charge in [-0.2, -0.15) is 5.10 Å². The van der Waals surface area contributed by atoms with Crippen molar-refractivity contribution in [3.05, 3.63) is 54.6 Å². The number of benzene rings is 1. The van der Waals surface area contributed by atoms with Crippen LogP contribution in [0.3, 0.4) is 0 Å². The maximum absolute atomic E-state index is 5.93. The number of pyridine rings is 1. The number of nitrogens with one attached hydrogen (secondary N) is 2. The van der Waals surface area contributed by atoms with Crippen LogP contribution in [0.25, 0.3) is 11.4 Å². The lowest BCUT2D eigenvalue weighted by atomic mass is 10.2. The van der Waals surface area contributed by atoms with Gasteiger partial charge < -0.3 is 15.8 Å². The maximum Gasteiger partial charge on any atom is 0.181 e. The number of H-pyrrole nitrogens is 1. The van der Waals surface area contributed by atoms with Crippen molar-refractivity contribution >= 4 is 5.69 Å². The van der Waals surface area contributed by atoms with Crippen molar-refractivity contribution in [2.24, 2.45) is 5.73 Å². The largest absolute Gasteiger partial charge is 0.491 e. The second-order valence-electron chi connectivity index (χ2n) is 5.91. The smallest absolute Gasteiger partial charge is 0.181 e. The van der Waals surface area contributed by atoms with Crippen molar-refractivity contribution in [1.82, 2.24) is 20.2 Å². The van der Waals surface area contributed by atoms with Gasteiger partial charge in [0.05, 0.1) is 12.1 Å². The predicted octanol–water partition coefficient (Wildman–Crippen LogP) is 2.77. The number of nitrogens with two attached hydrogens (primary N) is 1. The summed E-state index contributed by atoms with van der Waals surface area (Å²) in [4.78, 5) is 8.55. The molecule has 1 aromatic carbocycles. The summed E-state index contributed by atoms with van der Waals surface area (Å²) in [6.45, 7) is 4.37. The molecule has 0 saturated heterocycles. The topological polar surface area (TPSA) is 102 Å². The van der Waals surface area contributed by atoms with E-state index in [1.807, 2.05) is 50.2 Å². The fraction of sp³-hybridized carbons (Fsp3) is 0.278. The van der Waals surface area contributed by atoms with Crippen LogP contribution in [-0.2, 0) is 0 Å². The molecule has 0 radical (unpaired) electrons. The monoisotopic (exact) mass is 338 g/mol. The number of anilines is 1. The molecule has 130 valence electrons. The number of nitrogens with zero attached hydrogens (tertiary/aromatic N) is 3. The molecule has 25 heavy (non-hydrogen) atoms. The molecular formula is C18H22N6O. The van der Waals surface area contributed by atoms with Crippen LogP contribution in [0.5, 0.6) is 5.75 Å². The summed E-state index contributed by atoms with van der Waals surface area (Å²) in [5, 5.41) is 10.6. The molecule has 0 fully saturated rings. The molecule has 0 aliphatic rings. The summed E-state index contributed by atoms with van der Waals surface area (Å²) in [5.74, 6) is 2.12. The van der Waals surface area contributed by atoms with Crippen molar-refractivity contribution in [1.29, 1.82) is 0 Å². The van der Waals surface area contributed by atoms with E-state index in [1.165, 1.54) is 0 Å². The molecule has 7 heteroatoms. The highest BCUT2D eigenvalue weighted by Crippen LogP contribution is 2.23. The highest BCUT2D eigenvalue weighted by Gasteiger charge is 2.15. The second-order valence-corrected chi connectivity index (χ2v) is 5.91. The Balaban J connectivity index is 1.76. The molecular weight excluding hydrogens is 316 g/mol. The van der Waals surface area contributed by atoms with E-state index in [0.29, 0.717) is 18.2 Å². The standard InChI is InChI=1S/C18H22N6O/c1-12(2)25-15-5-3-4-14(10-15)21-16(11-19)18-22-17(23-24-18)13-6-8-20-9-7-13/h3-10,12,16,21H,11,19H2,1-2H3,(H,22,23,24). The molecule has 0 saturated carbocycles. The fourth-order valence-corrected chi connectivity index (χ4v) is 2.43. The molecule has 0 bridgehead atoms. The van der Waals surface area contributed by atoms with Gasteiger partial charge in [-0.1, -0.05) is 6.07 Å². The average molecular weight is 338 g/mol. The minimum absolute atomic E-state index is 0.123. The Morgan fingerprint density at radius 3 is 2.72 bits per heavy atom. The zero-order valence-electron chi connectivity index (χ0n) is 14.3. The number of rotatable bonds is 7. The van der Waals surface area contributed by atoms with Crippen LogP contribution in [0.2, 0.25) is 0 Å². The predicted molar refractivity (Wildman–Crippen MR) is 97.2 cm³/mol. The van der Waals surface area contributed by atoms with Gasteiger partial charge in [0.15, 0.2) is 5.82 Å². The molecule has 3 rings (SSSR count). The van der Waals surface area contributed by atoms with E-state index in [-0.39, 0.29) is 12.1 Å². The van der Waals surface area contributed by atoms with Crippen molar-refractivity contribution in [3.8, 4) is 17.1 Å². The quantitative estimate of drug-likeness (QED) is 0.612. The summed E-state index contributed by atoms with van der Waals surface area (Å²) in [6.07, 6.45) is 3.55. The van der Waals surface area contributed by atoms with Crippen LogP contribution in [0.15, 0.2) is 48.8 Å². The zero-order valence-corrected chi connectivity index (χ0v) is 14.3. The SMILES string of the molecule is CC(C)Oc1cccc(NC(CN)c2nc(-c3ccncc3)n[nH]2)c1. The van der Waals surface area contributed by atoms with Crippen LogP contribution in [0.4, 0.5) is 5.69 Å². The van der Waals surface area contributed by atoms with Gasteiger partial charge in [-0.05, 0) is 38.1 Å². The van der Waals surface area contributed by atoms with Gasteiger partial charge in [-0.25, -0.2) is 4.98 Å². The number of hydrogen-bond donors (Lipinski definition) is 3. The van der Waals surface area contributed by atoms with Crippen LogP contribution in [0.1, 0.15) is 25.7 Å². The van der Waals surface area contributed by atoms with Crippen LogP contribution >= 0.6 is 0 Å². The molecule has 0 aliphatic carbocycles. The first-order chi connectivity index (χ1) is 12.2. The lowest BCUT2D eigenvalue weighted by Gasteiger charge is -2.17. The third-order valence-electron chi connectivity index (χ3n) is 3.55. The number of aromatic nitrogens is 4. The van der Waals surface area contributed by atoms with E-state index in [0.717, 1.165) is 17.0 Å². The number of hydrogen-bond acceptors (Lipinski definition) is 6. The van der Waals surface area contributed by atoms with E-state index in [4.69, 9.17) is 10.5 Å². The number of ether oxygens (including phenoxy) is 1. The molecule has 7 nitrogen and oxygen atoms in total. The Kier molecular flexibility index (Phi) is 5.25. The van der Waals surface area contributed by atoms with Crippen LogP contribution < -0.4 is 15.8 Å². The molecule has 4 N–H and O–H groups in total. The first kappa shape index (κ1) is 16.9.